The number of hydrogen-bond acceptors (Lipinski definition) is 5. The summed E-state index contributed by atoms with van der Waals surface area (Å²) in [6.07, 6.45) is 15.2. The number of carbonyl (C=O) groups excluding carboxylic acids is 1. The molecule has 3 aromatic rings. The topological polar surface area (TPSA) is 100 Å². The van der Waals surface area contributed by atoms with Gasteiger partial charge in [-0.05, 0) is 54.3 Å². The van der Waals surface area contributed by atoms with E-state index in [4.69, 9.17) is 16.3 Å². The van der Waals surface area contributed by atoms with Crippen LogP contribution in [-0.4, -0.2) is 32.0 Å². The molecule has 2 aromatic carbocycles. The van der Waals surface area contributed by atoms with Gasteiger partial charge in [0.2, 0.25) is 9.84 Å². The highest BCUT2D eigenvalue weighted by Crippen LogP contribution is 2.33. The quantitative estimate of drug-likeness (QED) is 0.275. The molecule has 226 valence electrons. The maximum Gasteiger partial charge on any atom is 0.267 e. The van der Waals surface area contributed by atoms with E-state index in [2.05, 4.69) is 15.6 Å². The molecule has 0 radical (unpaired) electrons. The van der Waals surface area contributed by atoms with Gasteiger partial charge in [0.1, 0.15) is 11.4 Å². The molecule has 1 saturated carbocycles. The molecule has 0 unspecified atom stereocenters. The lowest BCUT2D eigenvalue weighted by Gasteiger charge is -2.39. The predicted octanol–water partition coefficient (Wildman–Crippen LogP) is 7.13. The first-order valence-electron chi connectivity index (χ1n) is 15.2. The van der Waals surface area contributed by atoms with Crippen molar-refractivity contribution in [2.24, 2.45) is 0 Å². The Labute approximate surface area is 254 Å². The Kier molecular flexibility index (Phi) is 9.96. The SMILES string of the molecule is COc1cc(S(=O)(=O)c2ccc(CNC(=O)c3cc4c([nH]3)CC3(CCCCCCCCCCC3)NC4)cc2)ccc1Cl. The maximum absolute atomic E-state index is 13.1. The van der Waals surface area contributed by atoms with E-state index in [1.54, 1.807) is 24.3 Å². The van der Waals surface area contributed by atoms with E-state index in [9.17, 15) is 13.2 Å². The Morgan fingerprint density at radius 1 is 0.905 bits per heavy atom. The van der Waals surface area contributed by atoms with Crippen LogP contribution in [0.5, 0.6) is 5.75 Å². The van der Waals surface area contributed by atoms with Crippen molar-refractivity contribution in [2.45, 2.75) is 105 Å². The normalized spacial score (nSPS) is 18.0. The zero-order valence-corrected chi connectivity index (χ0v) is 26.0. The van der Waals surface area contributed by atoms with Gasteiger partial charge in [-0.3, -0.25) is 4.79 Å². The molecule has 1 aromatic heterocycles. The van der Waals surface area contributed by atoms with E-state index >= 15 is 0 Å². The summed E-state index contributed by atoms with van der Waals surface area (Å²) in [5, 5.41) is 7.20. The average molecular weight is 612 g/mol. The van der Waals surface area contributed by atoms with Gasteiger partial charge in [0, 0.05) is 36.8 Å². The van der Waals surface area contributed by atoms with Crippen molar-refractivity contribution in [2.75, 3.05) is 7.11 Å². The number of aromatic amines is 1. The number of benzene rings is 2. The van der Waals surface area contributed by atoms with Gasteiger partial charge in [-0.2, -0.15) is 0 Å². The van der Waals surface area contributed by atoms with Crippen LogP contribution < -0.4 is 15.4 Å². The maximum atomic E-state index is 13.1. The second-order valence-electron chi connectivity index (χ2n) is 11.8. The molecule has 1 amide bonds. The number of nitrogens with one attached hydrogen (secondary N) is 3. The molecule has 3 N–H and O–H groups in total. The number of hydrogen-bond donors (Lipinski definition) is 3. The third-order valence-corrected chi connectivity index (χ3v) is 10.9. The molecule has 0 atom stereocenters. The van der Waals surface area contributed by atoms with Gasteiger partial charge >= 0.3 is 0 Å². The summed E-state index contributed by atoms with van der Waals surface area (Å²) in [6.45, 7) is 1.08. The number of amides is 1. The highest BCUT2D eigenvalue weighted by Gasteiger charge is 2.34. The van der Waals surface area contributed by atoms with Gasteiger partial charge in [0.25, 0.3) is 5.91 Å². The largest absolute Gasteiger partial charge is 0.495 e. The lowest BCUT2D eigenvalue weighted by molar-refractivity contribution is 0.0946. The van der Waals surface area contributed by atoms with Gasteiger partial charge in [0.05, 0.1) is 21.9 Å². The molecule has 1 aliphatic carbocycles. The molecule has 7 nitrogen and oxygen atoms in total. The molecule has 5 rings (SSSR count). The van der Waals surface area contributed by atoms with E-state index in [1.165, 1.54) is 107 Å². The number of methoxy groups -OCH3 is 1. The molecule has 0 saturated heterocycles. The van der Waals surface area contributed by atoms with Gasteiger partial charge in [-0.15, -0.1) is 0 Å². The smallest absolute Gasteiger partial charge is 0.267 e. The third kappa shape index (κ3) is 7.21. The molecule has 9 heteroatoms. The molecule has 1 spiro atoms. The second-order valence-corrected chi connectivity index (χ2v) is 14.2. The number of fused-ring (bicyclic) bond motifs is 1. The first-order chi connectivity index (χ1) is 20.3. The highest BCUT2D eigenvalue weighted by molar-refractivity contribution is 7.91. The van der Waals surface area contributed by atoms with Gasteiger partial charge in [-0.25, -0.2) is 8.42 Å². The number of carbonyl (C=O) groups is 1. The Morgan fingerprint density at radius 3 is 2.17 bits per heavy atom. The Hall–Kier alpha value is -2.81. The average Bonchev–Trinajstić information content (AvgIpc) is 3.41. The van der Waals surface area contributed by atoms with E-state index in [1.807, 2.05) is 6.07 Å². The molecule has 1 fully saturated rings. The van der Waals surface area contributed by atoms with Crippen molar-refractivity contribution in [3.63, 3.8) is 0 Å². The van der Waals surface area contributed by atoms with Crippen LogP contribution in [0.4, 0.5) is 0 Å². The number of rotatable bonds is 6. The minimum Gasteiger partial charge on any atom is -0.495 e. The second kappa shape index (κ2) is 13.7. The molecular formula is C33H42ClN3O4S. The number of aromatic nitrogens is 1. The number of sulfone groups is 1. The minimum absolute atomic E-state index is 0.105. The van der Waals surface area contributed by atoms with Crippen LogP contribution in [0, 0.1) is 0 Å². The predicted molar refractivity (Wildman–Crippen MR) is 166 cm³/mol. The van der Waals surface area contributed by atoms with Crippen LogP contribution in [0.3, 0.4) is 0 Å². The monoisotopic (exact) mass is 611 g/mol. The van der Waals surface area contributed by atoms with Gasteiger partial charge in [0.15, 0.2) is 0 Å². The zero-order chi connectivity index (χ0) is 29.6. The highest BCUT2D eigenvalue weighted by atomic mass is 35.5. The number of ether oxygens (including phenoxy) is 1. The summed E-state index contributed by atoms with van der Waals surface area (Å²) < 4.78 is 31.4. The van der Waals surface area contributed by atoms with E-state index in [0.717, 1.165) is 18.5 Å². The summed E-state index contributed by atoms with van der Waals surface area (Å²) in [7, 11) is -2.30. The Bertz CT molecular complexity index is 1470. The standard InChI is InChI=1S/C33H42ClN3O4S/c1-41-31-20-27(15-16-28(31)34)42(39,40)26-13-11-24(12-14-26)22-35-32(38)29-19-25-23-36-33(21-30(25)37-29)17-9-7-5-3-2-4-6-8-10-18-33/h11-16,19-20,36-37H,2-10,17-18,21-23H2,1H3,(H,35,38). The third-order valence-electron chi connectivity index (χ3n) is 8.84. The summed E-state index contributed by atoms with van der Waals surface area (Å²) >= 11 is 6.05. The lowest BCUT2D eigenvalue weighted by Crippen LogP contribution is -2.49. The van der Waals surface area contributed by atoms with Crippen molar-refractivity contribution in [3.8, 4) is 5.75 Å². The van der Waals surface area contributed by atoms with Crippen molar-refractivity contribution in [1.82, 2.24) is 15.6 Å². The first kappa shape index (κ1) is 30.6. The van der Waals surface area contributed by atoms with E-state index in [-0.39, 0.29) is 21.2 Å². The summed E-state index contributed by atoms with van der Waals surface area (Å²) in [5.41, 5.74) is 3.85. The summed E-state index contributed by atoms with van der Waals surface area (Å²) in [4.78, 5) is 16.8. The van der Waals surface area contributed by atoms with Gasteiger partial charge in [-0.1, -0.05) is 81.5 Å². The van der Waals surface area contributed by atoms with Crippen molar-refractivity contribution in [1.29, 1.82) is 0 Å². The fraction of sp³-hybridized carbons (Fsp3) is 0.485. The fourth-order valence-electron chi connectivity index (χ4n) is 6.31. The van der Waals surface area contributed by atoms with Crippen LogP contribution in [0.15, 0.2) is 58.3 Å². The molecule has 42 heavy (non-hydrogen) atoms. The zero-order valence-electron chi connectivity index (χ0n) is 24.4. The van der Waals surface area contributed by atoms with Crippen LogP contribution in [0.25, 0.3) is 0 Å². The number of halogens is 1. The van der Waals surface area contributed by atoms with Crippen LogP contribution >= 0.6 is 11.6 Å². The van der Waals surface area contributed by atoms with E-state index in [0.29, 0.717) is 23.0 Å². The van der Waals surface area contributed by atoms with Crippen molar-refractivity contribution >= 4 is 27.3 Å². The van der Waals surface area contributed by atoms with Crippen LogP contribution in [0.2, 0.25) is 5.02 Å². The molecular weight excluding hydrogens is 570 g/mol. The lowest BCUT2D eigenvalue weighted by atomic mass is 9.79. The fourth-order valence-corrected chi connectivity index (χ4v) is 7.78. The molecule has 2 aliphatic rings. The molecule has 2 heterocycles. The van der Waals surface area contributed by atoms with E-state index < -0.39 is 9.84 Å². The van der Waals surface area contributed by atoms with Crippen molar-refractivity contribution in [3.05, 3.63) is 76.1 Å². The minimum atomic E-state index is -3.74. The Morgan fingerprint density at radius 2 is 1.52 bits per heavy atom. The first-order valence-corrected chi connectivity index (χ1v) is 17.1. The Balaban J connectivity index is 1.20. The van der Waals surface area contributed by atoms with Gasteiger partial charge < -0.3 is 20.4 Å². The number of H-pyrrole nitrogens is 1. The van der Waals surface area contributed by atoms with Crippen LogP contribution in [0.1, 0.15) is 97.9 Å². The summed E-state index contributed by atoms with van der Waals surface area (Å²) in [6, 6.07) is 12.9. The van der Waals surface area contributed by atoms with Crippen LogP contribution in [-0.2, 0) is 29.3 Å². The molecule has 1 aliphatic heterocycles. The molecule has 0 bridgehead atoms. The summed E-state index contributed by atoms with van der Waals surface area (Å²) in [5.74, 6) is 0.137. The van der Waals surface area contributed by atoms with Crippen molar-refractivity contribution < 1.29 is 17.9 Å².